The second-order valence-electron chi connectivity index (χ2n) is 3.32. The quantitative estimate of drug-likeness (QED) is 0.595. The van der Waals surface area contributed by atoms with E-state index in [0.29, 0.717) is 18.7 Å². The summed E-state index contributed by atoms with van der Waals surface area (Å²) < 4.78 is 0. The molecule has 0 aliphatic heterocycles. The number of nitrogens with zero attached hydrogens (tertiary/aromatic N) is 1. The predicted octanol–water partition coefficient (Wildman–Crippen LogP) is 0.630. The molecule has 1 rings (SSSR count). The van der Waals surface area contributed by atoms with Crippen molar-refractivity contribution in [1.29, 1.82) is 0 Å². The van der Waals surface area contributed by atoms with Gasteiger partial charge in [0.05, 0.1) is 6.61 Å². The molecule has 0 aliphatic carbocycles. The largest absolute Gasteiger partial charge is 0.339 e. The fraction of sp³-hybridized carbons (Fsp3) is 0.250. The van der Waals surface area contributed by atoms with Crippen molar-refractivity contribution in [2.75, 3.05) is 20.2 Å². The SMILES string of the molecule is C#Cc1ccc(C(=O)N(C)CCON)cc1. The van der Waals surface area contributed by atoms with Crippen LogP contribution in [-0.2, 0) is 4.84 Å². The molecule has 4 nitrogen and oxygen atoms in total. The highest BCUT2D eigenvalue weighted by atomic mass is 16.6. The lowest BCUT2D eigenvalue weighted by atomic mass is 10.1. The third-order valence-corrected chi connectivity index (χ3v) is 2.19. The van der Waals surface area contributed by atoms with Crippen LogP contribution >= 0.6 is 0 Å². The van der Waals surface area contributed by atoms with Gasteiger partial charge in [-0.15, -0.1) is 6.42 Å². The van der Waals surface area contributed by atoms with E-state index in [1.54, 1.807) is 31.3 Å². The molecule has 1 aromatic rings. The van der Waals surface area contributed by atoms with Crippen molar-refractivity contribution in [3.8, 4) is 12.3 Å². The van der Waals surface area contributed by atoms with Gasteiger partial charge in [-0.25, -0.2) is 5.90 Å². The summed E-state index contributed by atoms with van der Waals surface area (Å²) in [4.78, 5) is 17.8. The van der Waals surface area contributed by atoms with Crippen molar-refractivity contribution in [3.05, 3.63) is 35.4 Å². The average molecular weight is 218 g/mol. The number of amides is 1. The molecule has 1 amide bonds. The van der Waals surface area contributed by atoms with Gasteiger partial charge < -0.3 is 9.74 Å². The third kappa shape index (κ3) is 3.09. The maximum Gasteiger partial charge on any atom is 0.253 e. The molecule has 0 bridgehead atoms. The first-order valence-electron chi connectivity index (χ1n) is 4.83. The van der Waals surface area contributed by atoms with Crippen molar-refractivity contribution < 1.29 is 9.63 Å². The van der Waals surface area contributed by atoms with E-state index in [-0.39, 0.29) is 5.91 Å². The minimum absolute atomic E-state index is 0.0828. The van der Waals surface area contributed by atoms with E-state index in [2.05, 4.69) is 10.8 Å². The molecule has 0 saturated carbocycles. The van der Waals surface area contributed by atoms with Crippen LogP contribution in [0.25, 0.3) is 0 Å². The maximum absolute atomic E-state index is 11.8. The summed E-state index contributed by atoms with van der Waals surface area (Å²) in [5, 5.41) is 0. The number of likely N-dealkylation sites (N-methyl/N-ethyl adjacent to an activating group) is 1. The highest BCUT2D eigenvalue weighted by molar-refractivity contribution is 5.94. The Balaban J connectivity index is 2.69. The fourth-order valence-corrected chi connectivity index (χ4v) is 1.22. The van der Waals surface area contributed by atoms with Gasteiger partial charge in [-0.2, -0.15) is 0 Å². The highest BCUT2D eigenvalue weighted by Crippen LogP contribution is 2.05. The van der Waals surface area contributed by atoms with Gasteiger partial charge in [0.15, 0.2) is 0 Å². The lowest BCUT2D eigenvalue weighted by molar-refractivity contribution is 0.0697. The molecule has 0 fully saturated rings. The highest BCUT2D eigenvalue weighted by Gasteiger charge is 2.10. The molecule has 1 aromatic carbocycles. The van der Waals surface area contributed by atoms with Gasteiger partial charge in [0.25, 0.3) is 5.91 Å². The molecule has 0 atom stereocenters. The Morgan fingerprint density at radius 2 is 2.12 bits per heavy atom. The van der Waals surface area contributed by atoms with Gasteiger partial charge in [0, 0.05) is 24.7 Å². The van der Waals surface area contributed by atoms with Crippen LogP contribution in [0.1, 0.15) is 15.9 Å². The molecule has 2 N–H and O–H groups in total. The number of nitrogens with two attached hydrogens (primary N) is 1. The van der Waals surface area contributed by atoms with Crippen molar-refractivity contribution >= 4 is 5.91 Å². The molecule has 0 aromatic heterocycles. The van der Waals surface area contributed by atoms with Gasteiger partial charge in [-0.1, -0.05) is 5.92 Å². The Bertz CT molecular complexity index is 392. The molecule has 0 saturated heterocycles. The number of carbonyl (C=O) groups is 1. The summed E-state index contributed by atoms with van der Waals surface area (Å²) in [7, 11) is 1.69. The van der Waals surface area contributed by atoms with Crippen molar-refractivity contribution in [1.82, 2.24) is 4.90 Å². The van der Waals surface area contributed by atoms with Gasteiger partial charge in [-0.05, 0) is 24.3 Å². The van der Waals surface area contributed by atoms with E-state index >= 15 is 0 Å². The lowest BCUT2D eigenvalue weighted by Gasteiger charge is -2.16. The molecule has 0 aliphatic rings. The van der Waals surface area contributed by atoms with E-state index in [1.165, 1.54) is 4.90 Å². The smallest absolute Gasteiger partial charge is 0.253 e. The topological polar surface area (TPSA) is 55.6 Å². The lowest BCUT2D eigenvalue weighted by Crippen LogP contribution is -2.30. The van der Waals surface area contributed by atoms with E-state index in [9.17, 15) is 4.79 Å². The average Bonchev–Trinajstić information content (AvgIpc) is 2.35. The zero-order valence-corrected chi connectivity index (χ0v) is 9.14. The first kappa shape index (κ1) is 12.2. The molecule has 0 spiro atoms. The normalized spacial score (nSPS) is 9.56. The number of benzene rings is 1. The van der Waals surface area contributed by atoms with Gasteiger partial charge >= 0.3 is 0 Å². The summed E-state index contributed by atoms with van der Waals surface area (Å²) >= 11 is 0. The third-order valence-electron chi connectivity index (χ3n) is 2.19. The molecule has 0 radical (unpaired) electrons. The minimum atomic E-state index is -0.0828. The van der Waals surface area contributed by atoms with Crippen LogP contribution < -0.4 is 5.90 Å². The second-order valence-corrected chi connectivity index (χ2v) is 3.32. The van der Waals surface area contributed by atoms with E-state index in [1.807, 2.05) is 0 Å². The zero-order chi connectivity index (χ0) is 12.0. The summed E-state index contributed by atoms with van der Waals surface area (Å²) in [6, 6.07) is 6.88. The van der Waals surface area contributed by atoms with Crippen LogP contribution in [0.5, 0.6) is 0 Å². The van der Waals surface area contributed by atoms with Gasteiger partial charge in [-0.3, -0.25) is 4.79 Å². The minimum Gasteiger partial charge on any atom is -0.339 e. The van der Waals surface area contributed by atoms with Crippen molar-refractivity contribution in [2.45, 2.75) is 0 Å². The predicted molar refractivity (Wildman–Crippen MR) is 61.5 cm³/mol. The molecule has 0 unspecified atom stereocenters. The van der Waals surface area contributed by atoms with Gasteiger partial charge in [0.1, 0.15) is 0 Å². The summed E-state index contributed by atoms with van der Waals surface area (Å²) in [6.07, 6.45) is 5.23. The Kier molecular flexibility index (Phi) is 4.52. The number of rotatable bonds is 4. The summed E-state index contributed by atoms with van der Waals surface area (Å²) in [5.74, 6) is 7.31. The zero-order valence-electron chi connectivity index (χ0n) is 9.14. The van der Waals surface area contributed by atoms with E-state index in [4.69, 9.17) is 12.3 Å². The van der Waals surface area contributed by atoms with Crippen LogP contribution in [0, 0.1) is 12.3 Å². The Morgan fingerprint density at radius 3 is 2.62 bits per heavy atom. The second kappa shape index (κ2) is 5.91. The molecular formula is C12H14N2O2. The first-order valence-corrected chi connectivity index (χ1v) is 4.83. The van der Waals surface area contributed by atoms with Crippen LogP contribution in [0.15, 0.2) is 24.3 Å². The number of hydrogen-bond donors (Lipinski definition) is 1. The number of hydrogen-bond acceptors (Lipinski definition) is 3. The Labute approximate surface area is 94.9 Å². The molecule has 0 heterocycles. The maximum atomic E-state index is 11.8. The number of terminal acetylenes is 1. The van der Waals surface area contributed by atoms with Crippen molar-refractivity contribution in [2.24, 2.45) is 5.90 Å². The fourth-order valence-electron chi connectivity index (χ4n) is 1.22. The summed E-state index contributed by atoms with van der Waals surface area (Å²) in [5.41, 5.74) is 1.35. The van der Waals surface area contributed by atoms with Crippen LogP contribution in [0.2, 0.25) is 0 Å². The molecule has 4 heteroatoms. The van der Waals surface area contributed by atoms with Crippen LogP contribution in [0.4, 0.5) is 0 Å². The summed E-state index contributed by atoms with van der Waals surface area (Å²) in [6.45, 7) is 0.761. The first-order chi connectivity index (χ1) is 7.69. The van der Waals surface area contributed by atoms with Crippen LogP contribution in [0.3, 0.4) is 0 Å². The molecule has 84 valence electrons. The monoisotopic (exact) mass is 218 g/mol. The van der Waals surface area contributed by atoms with E-state index in [0.717, 1.165) is 5.56 Å². The van der Waals surface area contributed by atoms with Gasteiger partial charge in [0.2, 0.25) is 0 Å². The molecular weight excluding hydrogens is 204 g/mol. The van der Waals surface area contributed by atoms with Crippen molar-refractivity contribution in [3.63, 3.8) is 0 Å². The van der Waals surface area contributed by atoms with Crippen LogP contribution in [-0.4, -0.2) is 31.0 Å². The number of carbonyl (C=O) groups excluding carboxylic acids is 1. The Morgan fingerprint density at radius 1 is 1.50 bits per heavy atom. The molecule has 16 heavy (non-hydrogen) atoms. The standard InChI is InChI=1S/C12H14N2O2/c1-3-10-4-6-11(7-5-10)12(15)14(2)8-9-16-13/h1,4-7H,8-9,13H2,2H3. The van der Waals surface area contributed by atoms with E-state index < -0.39 is 0 Å². The Hall–Kier alpha value is -1.83.